The molecule has 2 aromatic carbocycles. The Morgan fingerprint density at radius 1 is 0.758 bits per heavy atom. The van der Waals surface area contributed by atoms with Gasteiger partial charge in [-0.25, -0.2) is 12.1 Å². The van der Waals surface area contributed by atoms with Crippen molar-refractivity contribution in [2.45, 2.75) is 64.4 Å². The van der Waals surface area contributed by atoms with Gasteiger partial charge in [-0.05, 0) is 40.2 Å². The zero-order valence-corrected chi connectivity index (χ0v) is 23.6. The fourth-order valence-corrected chi connectivity index (χ4v) is 11.9. The second-order valence-electron chi connectivity index (χ2n) is 9.95. The molecule has 1 unspecified atom stereocenters. The molecule has 0 amide bonds. The van der Waals surface area contributed by atoms with Crippen molar-refractivity contribution in [1.29, 1.82) is 0 Å². The van der Waals surface area contributed by atoms with Crippen LogP contribution in [0.4, 0.5) is 0 Å². The molecule has 0 radical (unpaired) electrons. The van der Waals surface area contributed by atoms with E-state index >= 15 is 0 Å². The third-order valence-electron chi connectivity index (χ3n) is 5.36. The van der Waals surface area contributed by atoms with Crippen molar-refractivity contribution in [3.8, 4) is 0 Å². The minimum absolute atomic E-state index is 0. The SMILES string of the molecule is CC([c-]1cccc1P(c1ccco1)c1ccco1)P(C(C)(C)C)C(C)(C)C.[Fe].[cH-]1[cH-][cH-][cH-][cH-]1. The van der Waals surface area contributed by atoms with E-state index in [9.17, 15) is 0 Å². The van der Waals surface area contributed by atoms with Crippen LogP contribution in [0.5, 0.6) is 0 Å². The second kappa shape index (κ2) is 11.9. The van der Waals surface area contributed by atoms with E-state index in [0.717, 1.165) is 11.0 Å². The molecule has 0 spiro atoms. The van der Waals surface area contributed by atoms with Gasteiger partial charge in [0.1, 0.15) is 11.0 Å². The minimum atomic E-state index is -0.808. The van der Waals surface area contributed by atoms with Gasteiger partial charge in [-0.1, -0.05) is 48.5 Å². The number of rotatable bonds is 5. The zero-order valence-electron chi connectivity index (χ0n) is 20.7. The molecule has 0 bridgehead atoms. The molecule has 4 rings (SSSR count). The van der Waals surface area contributed by atoms with Crippen molar-refractivity contribution < 1.29 is 25.9 Å². The molecule has 33 heavy (non-hydrogen) atoms. The van der Waals surface area contributed by atoms with Crippen LogP contribution in [0.3, 0.4) is 0 Å². The predicted molar refractivity (Wildman–Crippen MR) is 142 cm³/mol. The van der Waals surface area contributed by atoms with E-state index in [1.807, 2.05) is 42.5 Å². The number of hydrogen-bond donors (Lipinski definition) is 0. The van der Waals surface area contributed by atoms with Gasteiger partial charge in [0.2, 0.25) is 0 Å². The fraction of sp³-hybridized carbons (Fsp3) is 0.357. The van der Waals surface area contributed by atoms with E-state index in [4.69, 9.17) is 8.83 Å². The molecule has 2 heterocycles. The molecule has 0 saturated carbocycles. The van der Waals surface area contributed by atoms with E-state index < -0.39 is 7.92 Å². The molecular formula is C28H36FeO2P2-6. The van der Waals surface area contributed by atoms with Crippen LogP contribution in [0.15, 0.2) is 94.2 Å². The summed E-state index contributed by atoms with van der Waals surface area (Å²) in [6.45, 7) is 16.8. The number of hydrogen-bond acceptors (Lipinski definition) is 2. The predicted octanol–water partition coefficient (Wildman–Crippen LogP) is 7.89. The maximum Gasteiger partial charge on any atom is 0.135 e. The van der Waals surface area contributed by atoms with E-state index in [1.165, 1.54) is 10.9 Å². The molecule has 0 aliphatic rings. The maximum absolute atomic E-state index is 5.85. The van der Waals surface area contributed by atoms with Crippen LogP contribution >= 0.6 is 15.8 Å². The summed E-state index contributed by atoms with van der Waals surface area (Å²) in [4.78, 5) is 0. The van der Waals surface area contributed by atoms with Crippen LogP contribution in [0.2, 0.25) is 0 Å². The molecule has 0 aliphatic heterocycles. The summed E-state index contributed by atoms with van der Waals surface area (Å²) in [5.74, 6) is 0. The Kier molecular flexibility index (Phi) is 10.0. The molecule has 4 aromatic rings. The number of furan rings is 2. The summed E-state index contributed by atoms with van der Waals surface area (Å²) in [7, 11) is -1.07. The van der Waals surface area contributed by atoms with Gasteiger partial charge in [-0.3, -0.25) is 0 Å². The van der Waals surface area contributed by atoms with Crippen molar-refractivity contribution in [3.05, 3.63) is 90.9 Å². The normalized spacial score (nSPS) is 12.9. The van der Waals surface area contributed by atoms with Gasteiger partial charge in [0.15, 0.2) is 0 Å². The second-order valence-corrected chi connectivity index (χ2v) is 16.2. The van der Waals surface area contributed by atoms with E-state index in [0.29, 0.717) is 5.66 Å². The Morgan fingerprint density at radius 2 is 1.21 bits per heavy atom. The topological polar surface area (TPSA) is 26.3 Å². The van der Waals surface area contributed by atoms with Crippen LogP contribution in [-0.2, 0) is 17.1 Å². The Balaban J connectivity index is 0.000000568. The molecule has 0 N–H and O–H groups in total. The Hall–Kier alpha value is -1.36. The first-order valence-electron chi connectivity index (χ1n) is 11.2. The molecule has 5 heteroatoms. The van der Waals surface area contributed by atoms with Gasteiger partial charge in [0, 0.05) is 25.0 Å². The molecule has 1 atom stereocenters. The first-order valence-corrected chi connectivity index (χ1v) is 13.9. The summed E-state index contributed by atoms with van der Waals surface area (Å²) in [5, 5.41) is 1.92. The molecule has 184 valence electrons. The van der Waals surface area contributed by atoms with Gasteiger partial charge < -0.3 is 39.2 Å². The Bertz CT molecular complexity index is 952. The third-order valence-corrected chi connectivity index (χ3v) is 11.6. The van der Waals surface area contributed by atoms with Gasteiger partial charge in [-0.2, -0.15) is 6.07 Å². The monoisotopic (exact) mass is 522 g/mol. The summed E-state index contributed by atoms with van der Waals surface area (Å²) in [5.41, 5.74) is 3.94. The standard InChI is InChI=1S/C23H31O2P2.C5H5.Fe/c1-17(27(22(2,3)4)23(5,6)7)18-11-8-12-19(18)26(20-13-9-15-24-20)21-14-10-16-25-21;1-2-4-5-3-1;/h8-17H,1-7H3;1-5H;/q-1;-5;. The van der Waals surface area contributed by atoms with Crippen molar-refractivity contribution >= 4 is 32.2 Å². The molecular weight excluding hydrogens is 486 g/mol. The molecule has 2 nitrogen and oxygen atoms in total. The van der Waals surface area contributed by atoms with Gasteiger partial charge in [0.05, 0.1) is 12.5 Å². The van der Waals surface area contributed by atoms with Crippen LogP contribution in [0.1, 0.15) is 59.7 Å². The average Bonchev–Trinajstić information content (AvgIpc) is 3.48. The first-order chi connectivity index (χ1) is 15.1. The van der Waals surface area contributed by atoms with E-state index in [1.54, 1.807) is 12.5 Å². The largest absolute Gasteiger partial charge is 0.748 e. The molecule has 0 saturated heterocycles. The van der Waals surface area contributed by atoms with E-state index in [2.05, 4.69) is 78.8 Å². The van der Waals surface area contributed by atoms with Crippen LogP contribution in [0, 0.1) is 0 Å². The van der Waals surface area contributed by atoms with Crippen molar-refractivity contribution in [1.82, 2.24) is 0 Å². The quantitative estimate of drug-likeness (QED) is 0.151. The maximum atomic E-state index is 5.85. The molecule has 2 aromatic heterocycles. The van der Waals surface area contributed by atoms with Crippen molar-refractivity contribution in [2.75, 3.05) is 0 Å². The van der Waals surface area contributed by atoms with Crippen LogP contribution < -0.4 is 16.3 Å². The van der Waals surface area contributed by atoms with Crippen molar-refractivity contribution in [2.24, 2.45) is 0 Å². The first kappa shape index (κ1) is 27.9. The summed E-state index contributed by atoms with van der Waals surface area (Å²) in [6, 6.07) is 24.9. The van der Waals surface area contributed by atoms with E-state index in [-0.39, 0.29) is 35.3 Å². The van der Waals surface area contributed by atoms with Crippen LogP contribution in [-0.4, -0.2) is 10.3 Å². The summed E-state index contributed by atoms with van der Waals surface area (Å²) >= 11 is 0. The molecule has 0 aliphatic carbocycles. The minimum Gasteiger partial charge on any atom is -0.748 e. The van der Waals surface area contributed by atoms with Crippen molar-refractivity contribution in [3.63, 3.8) is 0 Å². The smallest absolute Gasteiger partial charge is 0.135 e. The van der Waals surface area contributed by atoms with Gasteiger partial charge in [-0.15, -0.1) is 18.8 Å². The summed E-state index contributed by atoms with van der Waals surface area (Å²) in [6.07, 6.45) is 3.52. The third kappa shape index (κ3) is 7.07. The average molecular weight is 522 g/mol. The van der Waals surface area contributed by atoms with Crippen LogP contribution in [0.25, 0.3) is 0 Å². The van der Waals surface area contributed by atoms with Gasteiger partial charge >= 0.3 is 0 Å². The van der Waals surface area contributed by atoms with Gasteiger partial charge in [0.25, 0.3) is 0 Å². The Morgan fingerprint density at radius 3 is 1.58 bits per heavy atom. The summed E-state index contributed by atoms with van der Waals surface area (Å²) < 4.78 is 11.7. The molecule has 0 fully saturated rings. The zero-order chi connectivity index (χ0) is 23.4. The Labute approximate surface area is 212 Å². The fourth-order valence-electron chi connectivity index (χ4n) is 4.75.